The Morgan fingerprint density at radius 3 is 2.52 bits per heavy atom. The highest BCUT2D eigenvalue weighted by molar-refractivity contribution is 8.00. The SMILES string of the molecule is NC1CCC(NC2CC2c2ccccc2)CC1.Nc1ncn(C2CC(O)C(CO)S2)c(=O)n1. The van der Waals surface area contributed by atoms with Gasteiger partial charge in [0.1, 0.15) is 6.33 Å². The van der Waals surface area contributed by atoms with Gasteiger partial charge in [0.2, 0.25) is 5.95 Å². The van der Waals surface area contributed by atoms with Crippen molar-refractivity contribution in [1.82, 2.24) is 19.9 Å². The average molecular weight is 475 g/mol. The molecule has 9 nitrogen and oxygen atoms in total. The van der Waals surface area contributed by atoms with Crippen molar-refractivity contribution >= 4 is 17.7 Å². The third-order valence-electron chi connectivity index (χ3n) is 6.68. The minimum atomic E-state index is -0.621. The van der Waals surface area contributed by atoms with Crippen LogP contribution in [0, 0.1) is 0 Å². The molecule has 1 aliphatic heterocycles. The molecule has 5 atom stereocenters. The second kappa shape index (κ2) is 11.0. The zero-order valence-corrected chi connectivity index (χ0v) is 19.5. The fourth-order valence-electron chi connectivity index (χ4n) is 4.64. The van der Waals surface area contributed by atoms with Crippen LogP contribution >= 0.6 is 11.8 Å². The number of hydrogen-bond donors (Lipinski definition) is 5. The number of rotatable bonds is 5. The number of nitrogens with zero attached hydrogens (tertiary/aromatic N) is 3. The van der Waals surface area contributed by atoms with Gasteiger partial charge in [0.15, 0.2) is 0 Å². The van der Waals surface area contributed by atoms with Crippen LogP contribution in [0.15, 0.2) is 41.5 Å². The van der Waals surface area contributed by atoms with Gasteiger partial charge >= 0.3 is 5.69 Å². The maximum Gasteiger partial charge on any atom is 0.353 e. The normalized spacial score (nSPS) is 33.2. The Hall–Kier alpha value is -1.98. The molecule has 1 saturated heterocycles. The largest absolute Gasteiger partial charge is 0.395 e. The van der Waals surface area contributed by atoms with Gasteiger partial charge in [0.05, 0.1) is 23.3 Å². The molecule has 1 aromatic carbocycles. The summed E-state index contributed by atoms with van der Waals surface area (Å²) in [4.78, 5) is 18.7. The number of hydrogen-bond acceptors (Lipinski definition) is 9. The van der Waals surface area contributed by atoms with E-state index in [-0.39, 0.29) is 23.2 Å². The van der Waals surface area contributed by atoms with E-state index in [1.165, 1.54) is 60.3 Å². The van der Waals surface area contributed by atoms with Crippen LogP contribution in [-0.2, 0) is 0 Å². The second-order valence-corrected chi connectivity index (χ2v) is 10.6. The molecule has 180 valence electrons. The molecule has 1 aromatic heterocycles. The summed E-state index contributed by atoms with van der Waals surface area (Å²) in [5, 5.41) is 21.9. The van der Waals surface area contributed by atoms with E-state index >= 15 is 0 Å². The van der Waals surface area contributed by atoms with Gasteiger partial charge in [-0.2, -0.15) is 4.98 Å². The number of aliphatic hydroxyl groups is 2. The lowest BCUT2D eigenvalue weighted by atomic mass is 9.92. The van der Waals surface area contributed by atoms with Gasteiger partial charge in [-0.1, -0.05) is 30.3 Å². The van der Waals surface area contributed by atoms with E-state index in [1.807, 2.05) is 0 Å². The van der Waals surface area contributed by atoms with Crippen LogP contribution in [0.5, 0.6) is 0 Å². The summed E-state index contributed by atoms with van der Waals surface area (Å²) in [6, 6.07) is 12.8. The molecule has 10 heteroatoms. The number of nitrogens with one attached hydrogen (secondary N) is 1. The zero-order chi connectivity index (χ0) is 23.4. The molecular formula is C23H34N6O3S. The van der Waals surface area contributed by atoms with Crippen LogP contribution in [0.3, 0.4) is 0 Å². The summed E-state index contributed by atoms with van der Waals surface area (Å²) in [5.41, 5.74) is 12.2. The Balaban J connectivity index is 0.000000157. The Labute approximate surface area is 198 Å². The first-order valence-electron chi connectivity index (χ1n) is 11.7. The van der Waals surface area contributed by atoms with Crippen LogP contribution in [0.1, 0.15) is 55.4 Å². The Kier molecular flexibility index (Phi) is 8.02. The van der Waals surface area contributed by atoms with Crippen molar-refractivity contribution in [1.29, 1.82) is 0 Å². The highest BCUT2D eigenvalue weighted by atomic mass is 32.2. The van der Waals surface area contributed by atoms with E-state index in [2.05, 4.69) is 45.6 Å². The van der Waals surface area contributed by atoms with Crippen molar-refractivity contribution in [3.05, 3.63) is 52.7 Å². The van der Waals surface area contributed by atoms with Crippen LogP contribution < -0.4 is 22.5 Å². The van der Waals surface area contributed by atoms with Gasteiger partial charge in [0.25, 0.3) is 0 Å². The van der Waals surface area contributed by atoms with Crippen LogP contribution in [0.25, 0.3) is 0 Å². The monoisotopic (exact) mass is 474 g/mol. The lowest BCUT2D eigenvalue weighted by Crippen LogP contribution is -2.38. The van der Waals surface area contributed by atoms with Gasteiger partial charge in [-0.3, -0.25) is 4.57 Å². The third-order valence-corrected chi connectivity index (χ3v) is 8.23. The van der Waals surface area contributed by atoms with Crippen molar-refractivity contribution in [2.75, 3.05) is 12.3 Å². The molecule has 0 amide bonds. The summed E-state index contributed by atoms with van der Waals surface area (Å²) in [5.74, 6) is 0.690. The maximum absolute atomic E-state index is 11.5. The topological polar surface area (TPSA) is 152 Å². The summed E-state index contributed by atoms with van der Waals surface area (Å²) >= 11 is 1.33. The van der Waals surface area contributed by atoms with Crippen molar-refractivity contribution < 1.29 is 10.2 Å². The predicted octanol–water partition coefficient (Wildman–Crippen LogP) is 0.980. The first-order chi connectivity index (χ1) is 15.9. The van der Waals surface area contributed by atoms with E-state index in [9.17, 15) is 9.90 Å². The van der Waals surface area contributed by atoms with E-state index in [0.717, 1.165) is 12.0 Å². The minimum Gasteiger partial charge on any atom is -0.395 e. The van der Waals surface area contributed by atoms with Gasteiger partial charge in [-0.05, 0) is 37.7 Å². The van der Waals surface area contributed by atoms with Crippen molar-refractivity contribution in [2.24, 2.45) is 5.73 Å². The van der Waals surface area contributed by atoms with Crippen molar-refractivity contribution in [2.45, 2.75) is 79.3 Å². The van der Waals surface area contributed by atoms with E-state index in [4.69, 9.17) is 16.6 Å². The smallest absolute Gasteiger partial charge is 0.353 e. The molecule has 33 heavy (non-hydrogen) atoms. The molecule has 5 unspecified atom stereocenters. The standard InChI is InChI=1S/C15H22N2.C8H12N4O3S/c16-12-6-8-13(9-7-12)17-15-10-14(15)11-4-2-1-3-5-11;9-7-10-3-12(8(15)11-7)6-1-4(14)5(2-13)16-6/h1-5,12-15,17H,6-10,16H2;3-6,13-14H,1-2H2,(H2,9,11,15). The quantitative estimate of drug-likeness (QED) is 0.427. The number of aliphatic hydroxyl groups excluding tert-OH is 2. The molecule has 0 spiro atoms. The summed E-state index contributed by atoms with van der Waals surface area (Å²) in [6.07, 6.45) is 7.31. The van der Waals surface area contributed by atoms with E-state index < -0.39 is 11.8 Å². The van der Waals surface area contributed by atoms with Gasteiger partial charge < -0.3 is 27.0 Å². The van der Waals surface area contributed by atoms with Crippen LogP contribution in [0.4, 0.5) is 5.95 Å². The number of nitrogen functional groups attached to an aromatic ring is 1. The highest BCUT2D eigenvalue weighted by Crippen LogP contribution is 2.42. The molecule has 5 rings (SSSR count). The Morgan fingerprint density at radius 1 is 1.15 bits per heavy atom. The molecule has 2 saturated carbocycles. The van der Waals surface area contributed by atoms with Gasteiger partial charge in [0, 0.05) is 30.5 Å². The highest BCUT2D eigenvalue weighted by Gasteiger charge is 2.39. The molecular weight excluding hydrogens is 440 g/mol. The lowest BCUT2D eigenvalue weighted by Gasteiger charge is -2.27. The Morgan fingerprint density at radius 2 is 1.88 bits per heavy atom. The summed E-state index contributed by atoms with van der Waals surface area (Å²) < 4.78 is 1.32. The molecule has 0 bridgehead atoms. The summed E-state index contributed by atoms with van der Waals surface area (Å²) in [6.45, 7) is -0.118. The molecule has 2 aliphatic carbocycles. The number of anilines is 1. The molecule has 3 fully saturated rings. The second-order valence-electron chi connectivity index (χ2n) is 9.16. The first-order valence-corrected chi connectivity index (χ1v) is 12.6. The number of thioether (sulfide) groups is 1. The number of benzene rings is 1. The fraction of sp³-hybridized carbons (Fsp3) is 0.609. The average Bonchev–Trinajstić information content (AvgIpc) is 3.48. The number of nitrogens with two attached hydrogens (primary N) is 2. The van der Waals surface area contributed by atoms with Gasteiger partial charge in [-0.25, -0.2) is 9.78 Å². The van der Waals surface area contributed by atoms with E-state index in [1.54, 1.807) is 0 Å². The fourth-order valence-corrected chi connectivity index (χ4v) is 6.01. The molecule has 0 radical (unpaired) electrons. The zero-order valence-electron chi connectivity index (χ0n) is 18.7. The van der Waals surface area contributed by atoms with Crippen molar-refractivity contribution in [3.63, 3.8) is 0 Å². The minimum absolute atomic E-state index is 0.0662. The Bertz CT molecular complexity index is 953. The molecule has 2 heterocycles. The maximum atomic E-state index is 11.5. The molecule has 2 aromatic rings. The van der Waals surface area contributed by atoms with Crippen LogP contribution in [-0.4, -0.2) is 60.8 Å². The van der Waals surface area contributed by atoms with Crippen molar-refractivity contribution in [3.8, 4) is 0 Å². The lowest BCUT2D eigenvalue weighted by molar-refractivity contribution is 0.137. The number of aromatic nitrogens is 3. The third kappa shape index (κ3) is 6.33. The summed E-state index contributed by atoms with van der Waals surface area (Å²) in [7, 11) is 0. The first kappa shape index (κ1) is 24.2. The predicted molar refractivity (Wildman–Crippen MR) is 130 cm³/mol. The van der Waals surface area contributed by atoms with E-state index in [0.29, 0.717) is 18.5 Å². The van der Waals surface area contributed by atoms with Crippen LogP contribution in [0.2, 0.25) is 0 Å². The molecule has 3 aliphatic rings. The van der Waals surface area contributed by atoms with Gasteiger partial charge in [-0.15, -0.1) is 11.8 Å². The molecule has 7 N–H and O–H groups in total.